The molecule has 5 heteroatoms. The highest BCUT2D eigenvalue weighted by molar-refractivity contribution is 7.80. The molecular weight excluding hydrogens is 198 g/mol. The number of ether oxygens (including phenoxy) is 1. The van der Waals surface area contributed by atoms with Crippen LogP contribution < -0.4 is 21.3 Å². The van der Waals surface area contributed by atoms with Crippen LogP contribution in [0.5, 0.6) is 5.75 Å². The van der Waals surface area contributed by atoms with Gasteiger partial charge in [0.1, 0.15) is 5.75 Å². The van der Waals surface area contributed by atoms with Crippen LogP contribution in [0, 0.1) is 6.92 Å². The molecule has 0 saturated heterocycles. The molecule has 1 rings (SSSR count). The second kappa shape index (κ2) is 4.78. The topological polar surface area (TPSA) is 59.3 Å². The smallest absolute Gasteiger partial charge is 0.185 e. The molecule has 0 unspecified atom stereocenters. The summed E-state index contributed by atoms with van der Waals surface area (Å²) in [6.07, 6.45) is 0. The third-order valence-corrected chi connectivity index (χ3v) is 2.03. The lowest BCUT2D eigenvalue weighted by Crippen LogP contribution is -2.34. The summed E-state index contributed by atoms with van der Waals surface area (Å²) in [5.74, 6) is 5.97. The van der Waals surface area contributed by atoms with E-state index in [9.17, 15) is 0 Å². The Balaban J connectivity index is 2.83. The van der Waals surface area contributed by atoms with Crippen LogP contribution in [0.15, 0.2) is 18.2 Å². The van der Waals surface area contributed by atoms with Crippen LogP contribution in [0.1, 0.15) is 5.56 Å². The number of hydrazine groups is 1. The monoisotopic (exact) mass is 211 g/mol. The number of benzene rings is 1. The van der Waals surface area contributed by atoms with Crippen LogP contribution in [0.25, 0.3) is 0 Å². The first-order chi connectivity index (χ1) is 6.67. The van der Waals surface area contributed by atoms with E-state index in [1.165, 1.54) is 0 Å². The summed E-state index contributed by atoms with van der Waals surface area (Å²) in [5, 5.41) is 3.34. The quantitative estimate of drug-likeness (QED) is 0.389. The highest BCUT2D eigenvalue weighted by Gasteiger charge is 2.01. The van der Waals surface area contributed by atoms with E-state index in [2.05, 4.69) is 10.7 Å². The van der Waals surface area contributed by atoms with Gasteiger partial charge in [0.05, 0.1) is 7.11 Å². The van der Waals surface area contributed by atoms with E-state index in [1.807, 2.05) is 25.1 Å². The second-order valence-corrected chi connectivity index (χ2v) is 3.19. The Morgan fingerprint density at radius 3 is 2.71 bits per heavy atom. The number of aryl methyl sites for hydroxylation is 1. The van der Waals surface area contributed by atoms with Gasteiger partial charge in [-0.3, -0.25) is 0 Å². The van der Waals surface area contributed by atoms with Gasteiger partial charge in [0.15, 0.2) is 5.11 Å². The summed E-state index contributed by atoms with van der Waals surface area (Å²) in [5.41, 5.74) is 4.31. The molecule has 76 valence electrons. The number of anilines is 1. The van der Waals surface area contributed by atoms with Crippen LogP contribution in [0.2, 0.25) is 0 Å². The summed E-state index contributed by atoms with van der Waals surface area (Å²) in [6.45, 7) is 1.96. The minimum Gasteiger partial charge on any atom is -0.497 e. The van der Waals surface area contributed by atoms with Crippen molar-refractivity contribution in [2.24, 2.45) is 5.84 Å². The van der Waals surface area contributed by atoms with Gasteiger partial charge in [-0.05, 0) is 42.9 Å². The van der Waals surface area contributed by atoms with E-state index in [4.69, 9.17) is 22.8 Å². The molecule has 14 heavy (non-hydrogen) atoms. The first-order valence-corrected chi connectivity index (χ1v) is 4.50. The summed E-state index contributed by atoms with van der Waals surface area (Å²) in [7, 11) is 1.63. The Kier molecular flexibility index (Phi) is 3.67. The van der Waals surface area contributed by atoms with Crippen LogP contribution in [0.4, 0.5) is 5.69 Å². The Morgan fingerprint density at radius 1 is 1.50 bits per heavy atom. The van der Waals surface area contributed by atoms with Crippen molar-refractivity contribution in [1.29, 1.82) is 0 Å². The van der Waals surface area contributed by atoms with Gasteiger partial charge in [-0.25, -0.2) is 5.84 Å². The summed E-state index contributed by atoms with van der Waals surface area (Å²) in [6, 6.07) is 5.66. The van der Waals surface area contributed by atoms with Gasteiger partial charge in [0.2, 0.25) is 0 Å². The van der Waals surface area contributed by atoms with E-state index >= 15 is 0 Å². The Morgan fingerprint density at radius 2 is 2.21 bits per heavy atom. The molecule has 0 aliphatic heterocycles. The molecule has 0 bridgehead atoms. The molecule has 1 aromatic carbocycles. The highest BCUT2D eigenvalue weighted by atomic mass is 32.1. The first kappa shape index (κ1) is 10.7. The van der Waals surface area contributed by atoms with Crippen molar-refractivity contribution in [2.45, 2.75) is 6.92 Å². The third-order valence-electron chi connectivity index (χ3n) is 1.81. The molecule has 0 heterocycles. The maximum atomic E-state index is 5.15. The Labute approximate surface area is 88.4 Å². The predicted molar refractivity (Wildman–Crippen MR) is 61.3 cm³/mol. The fourth-order valence-electron chi connectivity index (χ4n) is 1.06. The zero-order chi connectivity index (χ0) is 10.6. The van der Waals surface area contributed by atoms with E-state index in [1.54, 1.807) is 7.11 Å². The van der Waals surface area contributed by atoms with E-state index in [-0.39, 0.29) is 0 Å². The number of hydrogen-bond donors (Lipinski definition) is 3. The fourth-order valence-corrected chi connectivity index (χ4v) is 1.17. The van der Waals surface area contributed by atoms with Crippen LogP contribution in [-0.2, 0) is 0 Å². The molecule has 0 aliphatic rings. The fraction of sp³-hybridized carbons (Fsp3) is 0.222. The average Bonchev–Trinajstić information content (AvgIpc) is 2.20. The van der Waals surface area contributed by atoms with Crippen molar-refractivity contribution in [3.05, 3.63) is 23.8 Å². The van der Waals surface area contributed by atoms with E-state index in [0.717, 1.165) is 17.0 Å². The lowest BCUT2D eigenvalue weighted by Gasteiger charge is -2.10. The zero-order valence-electron chi connectivity index (χ0n) is 8.13. The number of hydrogen-bond acceptors (Lipinski definition) is 3. The molecule has 0 atom stereocenters. The zero-order valence-corrected chi connectivity index (χ0v) is 8.94. The third kappa shape index (κ3) is 2.58. The number of rotatable bonds is 2. The molecule has 0 saturated carbocycles. The van der Waals surface area contributed by atoms with Gasteiger partial charge in [-0.1, -0.05) is 0 Å². The number of nitrogens with two attached hydrogens (primary N) is 1. The molecule has 0 spiro atoms. The van der Waals surface area contributed by atoms with Gasteiger partial charge in [0, 0.05) is 5.69 Å². The van der Waals surface area contributed by atoms with E-state index in [0.29, 0.717) is 5.11 Å². The van der Waals surface area contributed by atoms with Crippen molar-refractivity contribution in [3.63, 3.8) is 0 Å². The largest absolute Gasteiger partial charge is 0.497 e. The minimum atomic E-state index is 0.387. The second-order valence-electron chi connectivity index (χ2n) is 2.78. The molecule has 0 aliphatic carbocycles. The summed E-state index contributed by atoms with van der Waals surface area (Å²) >= 11 is 4.88. The van der Waals surface area contributed by atoms with E-state index < -0.39 is 0 Å². The molecular formula is C9H13N3OS. The maximum absolute atomic E-state index is 5.15. The van der Waals surface area contributed by atoms with Crippen molar-refractivity contribution < 1.29 is 4.74 Å². The SMILES string of the molecule is COc1ccc(NC(=S)NN)c(C)c1. The molecule has 0 radical (unpaired) electrons. The Hall–Kier alpha value is -1.33. The van der Waals surface area contributed by atoms with Crippen molar-refractivity contribution >= 4 is 23.0 Å². The van der Waals surface area contributed by atoms with Gasteiger partial charge in [-0.2, -0.15) is 0 Å². The Bertz CT molecular complexity index is 341. The van der Waals surface area contributed by atoms with Crippen LogP contribution in [0.3, 0.4) is 0 Å². The molecule has 1 aromatic rings. The number of methoxy groups -OCH3 is 1. The molecule has 0 amide bonds. The van der Waals surface area contributed by atoms with Gasteiger partial charge in [0.25, 0.3) is 0 Å². The predicted octanol–water partition coefficient (Wildman–Crippen LogP) is 1.16. The molecule has 4 N–H and O–H groups in total. The molecule has 0 aromatic heterocycles. The number of nitrogens with one attached hydrogen (secondary N) is 2. The standard InChI is InChI=1S/C9H13N3OS/c1-6-5-7(13-2)3-4-8(6)11-9(14)12-10/h3-5H,10H2,1-2H3,(H2,11,12,14). The molecule has 4 nitrogen and oxygen atoms in total. The van der Waals surface area contributed by atoms with Gasteiger partial charge < -0.3 is 15.5 Å². The lowest BCUT2D eigenvalue weighted by molar-refractivity contribution is 0.414. The van der Waals surface area contributed by atoms with Crippen LogP contribution >= 0.6 is 12.2 Å². The minimum absolute atomic E-state index is 0.387. The summed E-state index contributed by atoms with van der Waals surface area (Å²) in [4.78, 5) is 0. The lowest BCUT2D eigenvalue weighted by atomic mass is 10.2. The van der Waals surface area contributed by atoms with Crippen molar-refractivity contribution in [3.8, 4) is 5.75 Å². The maximum Gasteiger partial charge on any atom is 0.185 e. The molecule has 0 fully saturated rings. The van der Waals surface area contributed by atoms with Gasteiger partial charge in [-0.15, -0.1) is 0 Å². The number of thiocarbonyl (C=S) groups is 1. The summed E-state index contributed by atoms with van der Waals surface area (Å²) < 4.78 is 5.08. The van der Waals surface area contributed by atoms with Crippen molar-refractivity contribution in [2.75, 3.05) is 12.4 Å². The normalized spacial score (nSPS) is 9.36. The highest BCUT2D eigenvalue weighted by Crippen LogP contribution is 2.20. The average molecular weight is 211 g/mol. The first-order valence-electron chi connectivity index (χ1n) is 4.09. The van der Waals surface area contributed by atoms with Crippen molar-refractivity contribution in [1.82, 2.24) is 5.43 Å². The van der Waals surface area contributed by atoms with Gasteiger partial charge >= 0.3 is 0 Å². The van der Waals surface area contributed by atoms with Crippen LogP contribution in [-0.4, -0.2) is 12.2 Å².